The van der Waals surface area contributed by atoms with Gasteiger partial charge in [0.25, 0.3) is 0 Å². The molecular weight excluding hydrogens is 319 g/mol. The van der Waals surface area contributed by atoms with Gasteiger partial charge in [-0.05, 0) is 43.0 Å². The van der Waals surface area contributed by atoms with E-state index < -0.39 is 12.0 Å². The van der Waals surface area contributed by atoms with Crippen molar-refractivity contribution in [1.82, 2.24) is 5.32 Å². The van der Waals surface area contributed by atoms with Gasteiger partial charge in [0.2, 0.25) is 5.91 Å². The second-order valence-corrected chi connectivity index (χ2v) is 6.15. The Morgan fingerprint density at radius 2 is 1.88 bits per heavy atom. The van der Waals surface area contributed by atoms with E-state index in [0.29, 0.717) is 17.7 Å². The highest BCUT2D eigenvalue weighted by molar-refractivity contribution is 5.92. The minimum atomic E-state index is -0.870. The highest BCUT2D eigenvalue weighted by Gasteiger charge is 2.14. The molecule has 0 fully saturated rings. The third kappa shape index (κ3) is 5.66. The van der Waals surface area contributed by atoms with Crippen molar-refractivity contribution in [2.45, 2.75) is 38.3 Å². The van der Waals surface area contributed by atoms with Crippen LogP contribution in [0.1, 0.15) is 47.4 Å². The summed E-state index contributed by atoms with van der Waals surface area (Å²) in [5.74, 6) is -0.818. The normalized spacial score (nSPS) is 13.4. The summed E-state index contributed by atoms with van der Waals surface area (Å²) in [5, 5.41) is 13.5. The third-order valence-electron chi connectivity index (χ3n) is 4.38. The van der Waals surface area contributed by atoms with Crippen molar-refractivity contribution in [2.24, 2.45) is 5.73 Å². The molecule has 134 valence electrons. The van der Waals surface area contributed by atoms with Crippen molar-refractivity contribution in [3.63, 3.8) is 0 Å². The molecule has 2 atom stereocenters. The Labute approximate surface area is 147 Å². The maximum atomic E-state index is 13.7. The summed E-state index contributed by atoms with van der Waals surface area (Å²) < 4.78 is 13.7. The maximum absolute atomic E-state index is 13.7. The number of primary amides is 1. The van der Waals surface area contributed by atoms with E-state index in [4.69, 9.17) is 5.73 Å². The van der Waals surface area contributed by atoms with Crippen molar-refractivity contribution in [3.05, 3.63) is 71.0 Å². The number of nitrogens with one attached hydrogen (secondary N) is 1. The first-order chi connectivity index (χ1) is 12.0. The molecule has 1 amide bonds. The van der Waals surface area contributed by atoms with Crippen LogP contribution in [0.2, 0.25) is 0 Å². The fourth-order valence-corrected chi connectivity index (χ4v) is 2.76. The van der Waals surface area contributed by atoms with E-state index in [1.807, 2.05) is 12.1 Å². The minimum Gasteiger partial charge on any atom is -0.387 e. The number of aliphatic hydroxyl groups is 1. The van der Waals surface area contributed by atoms with E-state index in [9.17, 15) is 14.3 Å². The minimum absolute atomic E-state index is 0.220. The SMILES string of the molecule is CC[C@H](CCc1ccc(C(N)=O)cc1)NC[C@@H](O)c1ccccc1F. The Morgan fingerprint density at radius 1 is 1.20 bits per heavy atom. The number of amides is 1. The van der Waals surface area contributed by atoms with Gasteiger partial charge < -0.3 is 16.2 Å². The van der Waals surface area contributed by atoms with Crippen molar-refractivity contribution in [3.8, 4) is 0 Å². The number of hydrogen-bond donors (Lipinski definition) is 3. The van der Waals surface area contributed by atoms with Gasteiger partial charge in [0.1, 0.15) is 5.82 Å². The molecular formula is C20H25FN2O2. The predicted octanol–water partition coefficient (Wildman–Crippen LogP) is 2.96. The third-order valence-corrected chi connectivity index (χ3v) is 4.38. The lowest BCUT2D eigenvalue weighted by molar-refractivity contribution is 0.1000. The highest BCUT2D eigenvalue weighted by Crippen LogP contribution is 2.16. The van der Waals surface area contributed by atoms with Gasteiger partial charge in [0, 0.05) is 23.7 Å². The molecule has 0 aromatic heterocycles. The maximum Gasteiger partial charge on any atom is 0.248 e. The van der Waals surface area contributed by atoms with Crippen LogP contribution in [0.3, 0.4) is 0 Å². The molecule has 5 heteroatoms. The number of nitrogens with two attached hydrogens (primary N) is 1. The summed E-state index contributed by atoms with van der Waals surface area (Å²) in [6.45, 7) is 2.38. The smallest absolute Gasteiger partial charge is 0.248 e. The van der Waals surface area contributed by atoms with Crippen molar-refractivity contribution < 1.29 is 14.3 Å². The molecule has 25 heavy (non-hydrogen) atoms. The summed E-state index contributed by atoms with van der Waals surface area (Å²) in [6.07, 6.45) is 1.77. The summed E-state index contributed by atoms with van der Waals surface area (Å²) in [5.41, 5.74) is 7.17. The molecule has 0 aliphatic carbocycles. The molecule has 2 aromatic rings. The van der Waals surface area contributed by atoms with Crippen molar-refractivity contribution >= 4 is 5.91 Å². The molecule has 4 nitrogen and oxygen atoms in total. The molecule has 2 rings (SSSR count). The van der Waals surface area contributed by atoms with Gasteiger partial charge >= 0.3 is 0 Å². The lowest BCUT2D eigenvalue weighted by Gasteiger charge is -2.20. The van der Waals surface area contributed by atoms with Crippen molar-refractivity contribution in [2.75, 3.05) is 6.54 Å². The Hall–Kier alpha value is -2.24. The van der Waals surface area contributed by atoms with Crippen LogP contribution in [-0.4, -0.2) is 23.6 Å². The molecule has 0 bridgehead atoms. The molecule has 0 saturated carbocycles. The molecule has 4 N–H and O–H groups in total. The van der Waals surface area contributed by atoms with Crippen LogP contribution in [0.4, 0.5) is 4.39 Å². The predicted molar refractivity (Wildman–Crippen MR) is 96.7 cm³/mol. The van der Waals surface area contributed by atoms with E-state index in [1.165, 1.54) is 6.07 Å². The number of carbonyl (C=O) groups is 1. The second kappa shape index (κ2) is 9.30. The standard InChI is InChI=1S/C20H25FN2O2/c1-2-16(12-9-14-7-10-15(11-8-14)20(22)25)23-13-19(24)17-5-3-4-6-18(17)21/h3-8,10-11,16,19,23-24H,2,9,12-13H2,1H3,(H2,22,25)/t16-,19-/m1/s1. The molecule has 2 aromatic carbocycles. The first-order valence-corrected chi connectivity index (χ1v) is 8.56. The number of carbonyl (C=O) groups excluding carboxylic acids is 1. The molecule has 0 unspecified atom stereocenters. The van der Waals surface area contributed by atoms with Crippen LogP contribution in [0, 0.1) is 5.82 Å². The Morgan fingerprint density at radius 3 is 2.48 bits per heavy atom. The summed E-state index contributed by atoms with van der Waals surface area (Å²) >= 11 is 0. The lowest BCUT2D eigenvalue weighted by Crippen LogP contribution is -2.33. The van der Waals surface area contributed by atoms with E-state index in [2.05, 4.69) is 12.2 Å². The van der Waals surface area contributed by atoms with Crippen LogP contribution in [0.25, 0.3) is 0 Å². The van der Waals surface area contributed by atoms with Crippen LogP contribution in [0.5, 0.6) is 0 Å². The monoisotopic (exact) mass is 344 g/mol. The number of aryl methyl sites for hydroxylation is 1. The topological polar surface area (TPSA) is 75.4 Å². The average molecular weight is 344 g/mol. The van der Waals surface area contributed by atoms with Gasteiger partial charge in [-0.15, -0.1) is 0 Å². The van der Waals surface area contributed by atoms with Crippen molar-refractivity contribution in [1.29, 1.82) is 0 Å². The quantitative estimate of drug-likeness (QED) is 0.655. The zero-order valence-electron chi connectivity index (χ0n) is 14.4. The van der Waals surface area contributed by atoms with Gasteiger partial charge in [0.05, 0.1) is 6.10 Å². The Bertz CT molecular complexity index is 688. The summed E-state index contributed by atoms with van der Waals surface area (Å²) in [4.78, 5) is 11.1. The second-order valence-electron chi connectivity index (χ2n) is 6.15. The largest absolute Gasteiger partial charge is 0.387 e. The van der Waals surface area contributed by atoms with Gasteiger partial charge in [-0.25, -0.2) is 4.39 Å². The molecule has 0 aliphatic rings. The summed E-state index contributed by atoms with van der Waals surface area (Å²) in [7, 11) is 0. The van der Waals surface area contributed by atoms with Gasteiger partial charge in [0.15, 0.2) is 0 Å². The molecule has 0 heterocycles. The van der Waals surface area contributed by atoms with E-state index >= 15 is 0 Å². The number of rotatable bonds is 9. The van der Waals surface area contributed by atoms with E-state index in [1.54, 1.807) is 30.3 Å². The van der Waals surface area contributed by atoms with Crippen LogP contribution >= 0.6 is 0 Å². The number of benzene rings is 2. The van der Waals surface area contributed by atoms with Gasteiger partial charge in [-0.2, -0.15) is 0 Å². The molecule has 0 spiro atoms. The number of halogens is 1. The summed E-state index contributed by atoms with van der Waals surface area (Å²) in [6, 6.07) is 13.8. The Kier molecular flexibility index (Phi) is 7.10. The van der Waals surface area contributed by atoms with E-state index in [-0.39, 0.29) is 11.9 Å². The zero-order chi connectivity index (χ0) is 18.2. The first kappa shape index (κ1) is 19.1. The molecule has 0 radical (unpaired) electrons. The molecule has 0 aliphatic heterocycles. The van der Waals surface area contributed by atoms with Crippen LogP contribution in [-0.2, 0) is 6.42 Å². The highest BCUT2D eigenvalue weighted by atomic mass is 19.1. The first-order valence-electron chi connectivity index (χ1n) is 8.56. The number of hydrogen-bond acceptors (Lipinski definition) is 3. The van der Waals surface area contributed by atoms with E-state index in [0.717, 1.165) is 24.8 Å². The van der Waals surface area contributed by atoms with Gasteiger partial charge in [-0.1, -0.05) is 37.3 Å². The van der Waals surface area contributed by atoms with Crippen LogP contribution < -0.4 is 11.1 Å². The van der Waals surface area contributed by atoms with Gasteiger partial charge in [-0.3, -0.25) is 4.79 Å². The number of aliphatic hydroxyl groups excluding tert-OH is 1. The molecule has 0 saturated heterocycles. The lowest BCUT2D eigenvalue weighted by atomic mass is 10.0. The average Bonchev–Trinajstić information content (AvgIpc) is 2.62. The zero-order valence-corrected chi connectivity index (χ0v) is 14.4. The fourth-order valence-electron chi connectivity index (χ4n) is 2.76. The Balaban J connectivity index is 1.84. The fraction of sp³-hybridized carbons (Fsp3) is 0.350. The van der Waals surface area contributed by atoms with Crippen LogP contribution in [0.15, 0.2) is 48.5 Å².